The number of halogens is 1. The monoisotopic (exact) mass is 2050 g/mol. The molecule has 6 aromatic heterocycles. The Labute approximate surface area is 690 Å². The highest BCUT2D eigenvalue weighted by molar-refractivity contribution is 7.66. The average molecular weight is 2050 g/mol. The molecule has 125 heavy (non-hydrogen) atoms. The van der Waals surface area contributed by atoms with Crippen molar-refractivity contribution in [2.45, 2.75) is 126 Å². The van der Waals surface area contributed by atoms with Crippen molar-refractivity contribution < 1.29 is 255 Å². The molecule has 702 valence electrons. The number of aryl methyl sites for hydroxylation is 2. The molecule has 24 unspecified atom stereocenters. The summed E-state index contributed by atoms with van der Waals surface area (Å²) < 4.78 is 200. The van der Waals surface area contributed by atoms with Crippen LogP contribution in [-0.2, 0) is 145 Å². The fourth-order valence-electron chi connectivity index (χ4n) is 10.6. The first kappa shape index (κ1) is 104. The molecular formula is C41H44ClN15O56P12-16. The predicted molar refractivity (Wildman–Crippen MR) is 345 cm³/mol. The third kappa shape index (κ3) is 26.5. The number of phosphoric ester groups is 4. The number of ether oxygens (including phenoxy) is 4. The highest BCUT2D eigenvalue weighted by Crippen LogP contribution is 2.65. The summed E-state index contributed by atoms with van der Waals surface area (Å²) in [7, 11) is -72.6. The molecule has 12 heterocycles. The van der Waals surface area contributed by atoms with Gasteiger partial charge >= 0.3 is 0 Å². The zero-order chi connectivity index (χ0) is 94.3. The second-order valence-electron chi connectivity index (χ2n) is 24.1. The molecule has 6 aliphatic heterocycles. The lowest BCUT2D eigenvalue weighted by atomic mass is 10.2. The number of Topliss-reactive ketones (excluding diaryl/α,β-unsaturated/α-hetero) is 1. The number of aliphatic hydroxyl groups excluding tert-OH is 8. The summed E-state index contributed by atoms with van der Waals surface area (Å²) in [5, 5.41) is 80.7. The SMILES string of the molecule is Cc1nc(Cl)c2ncn(C3OC(OP(=O)([O-])OP(=O)([O-])OP(=O)([O-])[O-])C(O)C3O)c2n1.Cc1nc2c(c(=O)[nH]1)CC(=O)N2C1OC(OP(=O)([O-])OP(=O)([O-])OP(=O)([O-])[O-])C(O)C1O.Cn1c(N)nc2c(ncn2C2OC(OP(=O)([O-])OP(=O)([O-])OP(=O)([O-])[O-])C(O)C2O)c1=O.O=C1CC=Nc2c1ncn2C1OC(OP(=O)([O-])OP(=O)([O-])OP(=O)([O-])[O-])C(O)C1O. The molecule has 71 nitrogen and oxygen atoms in total. The molecule has 4 fully saturated rings. The zero-order valence-corrected chi connectivity index (χ0v) is 71.3. The minimum absolute atomic E-state index is 0.0277. The summed E-state index contributed by atoms with van der Waals surface area (Å²) in [6.07, 6.45) is -28.2. The molecule has 24 atom stereocenters. The number of hydrogen-bond donors (Lipinski definition) is 10. The van der Waals surface area contributed by atoms with Crippen molar-refractivity contribution in [3.8, 4) is 0 Å². The van der Waals surface area contributed by atoms with Crippen molar-refractivity contribution >= 4 is 163 Å². The molecule has 0 saturated carbocycles. The topological polar surface area (TPSA) is 1120 Å². The fourth-order valence-corrected chi connectivity index (χ4v) is 22.5. The number of nitrogens with zero attached hydrogens (tertiary/aromatic N) is 13. The summed E-state index contributed by atoms with van der Waals surface area (Å²) in [5.41, 5.74) is 3.76. The first-order chi connectivity index (χ1) is 56.8. The van der Waals surface area contributed by atoms with Gasteiger partial charge in [-0.05, 0) is 13.8 Å². The Morgan fingerprint density at radius 2 is 0.800 bits per heavy atom. The molecule has 12 rings (SSSR count). The second-order valence-corrected chi connectivity index (χ2v) is 41.3. The van der Waals surface area contributed by atoms with E-state index in [1.807, 2.05) is 0 Å². The molecule has 0 bridgehead atoms. The van der Waals surface area contributed by atoms with Gasteiger partial charge in [0.15, 0.2) is 89.3 Å². The molecule has 0 aliphatic carbocycles. The minimum Gasteiger partial charge on any atom is -0.790 e. The molecular weight excluding hydrogens is 2010 g/mol. The largest absolute Gasteiger partial charge is 0.790 e. The van der Waals surface area contributed by atoms with Gasteiger partial charge in [-0.15, -0.1) is 0 Å². The number of aliphatic imine (C=N–C) groups is 1. The summed E-state index contributed by atoms with van der Waals surface area (Å²) in [6.45, 7) is 2.87. The Kier molecular flexibility index (Phi) is 31.5. The standard InChI is InChI=1S/C11H16N3O15P3.C10H14ClN4O13P3.C10H16N5O14P3.C10H14N3O14P3/c1-3-12-8-4(9(18)13-3)2-5(15)14(8)10-6(16)7(17)11(26-10)27-31(22,23)29-32(24,25)28-30(19,20)21;1-3-13-7(11)4-8(14-3)15(2-12-4)9-5(16)6(17)10(25-9)26-30(21,22)28-31(23,24)27-29(18,19)20;1-14-7(18)3-6(13-10(14)11)15(2-12-3)8-4(16)5(17)9(26-8)27-31(22,23)29-32(24,25)28-30(19,20)21;14-4-1-2-11-8-5(4)12-3-13(8)9-6(15)7(16)10(24-9)25-29(20,21)27-30(22,23)26-28(17,18)19/h6-7,10-11,16-17H,2H2,1H3,(H,22,23)(H,24,25)(H,12,13,18)(H2,19,20,21);2,5-6,9-10,16-17H,1H3,(H,21,22)(H,23,24)(H2,18,19,20);2,4-5,8-9,16-17H,1H3,(H2,11,13)(H,22,23)(H,24,25)(H2,19,20,21);2-3,6-7,9-10,15-16H,1H2,(H,20,21)(H,22,23)(H2,17,18,19)/p-16. The number of aromatic nitrogens is 12. The smallest absolute Gasteiger partial charge is 0.282 e. The molecule has 0 radical (unpaired) electrons. The third-order valence-corrected chi connectivity index (χ3v) is 30.1. The maximum Gasteiger partial charge on any atom is 0.282 e. The Bertz CT molecular complexity index is 5930. The van der Waals surface area contributed by atoms with Crippen LogP contribution in [0.25, 0.3) is 22.3 Å². The second kappa shape index (κ2) is 38.0. The van der Waals surface area contributed by atoms with Gasteiger partial charge in [-0.2, -0.15) is 4.98 Å². The van der Waals surface area contributed by atoms with Crippen molar-refractivity contribution in [3.63, 3.8) is 0 Å². The van der Waals surface area contributed by atoms with Crippen LogP contribution < -0.4 is 100 Å². The highest BCUT2D eigenvalue weighted by atomic mass is 35.5. The lowest BCUT2D eigenvalue weighted by Crippen LogP contribution is -2.46. The van der Waals surface area contributed by atoms with Crippen molar-refractivity contribution in [1.29, 1.82) is 0 Å². The van der Waals surface area contributed by atoms with E-state index in [-0.39, 0.29) is 74.4 Å². The van der Waals surface area contributed by atoms with E-state index in [0.717, 1.165) is 37.3 Å². The van der Waals surface area contributed by atoms with Crippen molar-refractivity contribution in [1.82, 2.24) is 58.1 Å². The van der Waals surface area contributed by atoms with Crippen LogP contribution in [0.1, 0.15) is 52.8 Å². The number of nitrogens with one attached hydrogen (secondary N) is 1. The highest BCUT2D eigenvalue weighted by Gasteiger charge is 2.54. The quantitative estimate of drug-likeness (QED) is 0.0161. The Morgan fingerprint density at radius 1 is 0.456 bits per heavy atom. The molecule has 11 N–H and O–H groups in total. The minimum atomic E-state index is -6.28. The zero-order valence-electron chi connectivity index (χ0n) is 59.8. The number of aromatic amines is 1. The van der Waals surface area contributed by atoms with Crippen LogP contribution in [0.15, 0.2) is 33.6 Å². The van der Waals surface area contributed by atoms with Gasteiger partial charge in [0, 0.05) is 19.7 Å². The number of H-pyrrole nitrogens is 1. The molecule has 0 spiro atoms. The van der Waals surface area contributed by atoms with E-state index in [1.54, 1.807) is 0 Å². The maximum absolute atomic E-state index is 12.3. The van der Waals surface area contributed by atoms with Crippen molar-refractivity contribution in [2.75, 3.05) is 10.6 Å². The van der Waals surface area contributed by atoms with E-state index >= 15 is 0 Å². The van der Waals surface area contributed by atoms with Crippen LogP contribution in [0.4, 0.5) is 17.6 Å². The van der Waals surface area contributed by atoms with E-state index in [1.165, 1.54) is 27.1 Å². The van der Waals surface area contributed by atoms with Crippen LogP contribution in [0.2, 0.25) is 5.15 Å². The average Bonchev–Trinajstić information content (AvgIpc) is 1.60. The van der Waals surface area contributed by atoms with Crippen LogP contribution in [-0.4, -0.2) is 197 Å². The number of ketones is 1. The molecule has 6 aromatic rings. The number of carbonyl (C=O) groups is 2. The summed E-state index contributed by atoms with van der Waals surface area (Å²) in [6, 6.07) is 0. The Balaban J connectivity index is 0.000000189. The van der Waals surface area contributed by atoms with E-state index in [4.69, 9.17) is 36.3 Å². The Morgan fingerprint density at radius 3 is 1.18 bits per heavy atom. The van der Waals surface area contributed by atoms with Gasteiger partial charge in [-0.1, -0.05) is 11.6 Å². The van der Waals surface area contributed by atoms with E-state index in [0.29, 0.717) is 4.90 Å². The number of aliphatic hydroxyl groups is 8. The van der Waals surface area contributed by atoms with Crippen LogP contribution in [0.5, 0.6) is 0 Å². The number of nitrogens with two attached hydrogens (primary N) is 1. The summed E-state index contributed by atoms with van der Waals surface area (Å²) in [4.78, 5) is 257. The van der Waals surface area contributed by atoms with Crippen molar-refractivity contribution in [3.05, 3.63) is 67.7 Å². The van der Waals surface area contributed by atoms with Crippen LogP contribution in [0, 0.1) is 13.8 Å². The molecule has 4 saturated heterocycles. The Hall–Kier alpha value is -4.95. The van der Waals surface area contributed by atoms with E-state index in [2.05, 4.69) is 97.4 Å². The number of phosphoric acid groups is 12. The molecule has 84 heteroatoms. The maximum atomic E-state index is 12.3. The number of fused-ring (bicyclic) bond motifs is 4. The normalized spacial score (nSPS) is 29.2. The summed E-state index contributed by atoms with van der Waals surface area (Å²) >= 11 is 5.94. The predicted octanol–water partition coefficient (Wildman–Crippen LogP) is -16.0. The summed E-state index contributed by atoms with van der Waals surface area (Å²) in [5.74, 6) is -1.51. The van der Waals surface area contributed by atoms with Gasteiger partial charge in [0.05, 0.1) is 62.3 Å². The first-order valence-electron chi connectivity index (χ1n) is 31.5. The first-order valence-corrected chi connectivity index (χ1v) is 49.4. The van der Waals surface area contributed by atoms with Crippen LogP contribution in [0.3, 0.4) is 0 Å². The van der Waals surface area contributed by atoms with Gasteiger partial charge in [0.25, 0.3) is 73.7 Å². The van der Waals surface area contributed by atoms with Gasteiger partial charge in [-0.25, -0.2) is 52.1 Å². The van der Waals surface area contributed by atoms with Gasteiger partial charge in [-0.3, -0.25) is 114 Å². The van der Waals surface area contributed by atoms with Crippen LogP contribution >= 0.6 is 105 Å². The van der Waals surface area contributed by atoms with Crippen molar-refractivity contribution in [2.24, 2.45) is 12.0 Å². The number of imidazole rings is 3. The van der Waals surface area contributed by atoms with Gasteiger partial charge in [0.1, 0.15) is 71.8 Å². The number of anilines is 2. The number of rotatable bonds is 28. The lowest BCUT2D eigenvalue weighted by Gasteiger charge is -2.38. The number of amides is 1. The number of hydrogen-bond acceptors (Lipinski definition) is 65. The lowest BCUT2D eigenvalue weighted by molar-refractivity contribution is -0.342. The van der Waals surface area contributed by atoms with Gasteiger partial charge in [0.2, 0.25) is 11.9 Å². The third-order valence-electron chi connectivity index (χ3n) is 15.2. The van der Waals surface area contributed by atoms with E-state index in [9.17, 15) is 193 Å². The molecule has 0 aromatic carbocycles. The van der Waals surface area contributed by atoms with Gasteiger partial charge < -0.3 is 167 Å². The molecule has 1 amide bonds. The number of nitrogen functional groups attached to an aromatic ring is 1. The molecule has 6 aliphatic rings. The number of carbonyl (C=O) groups excluding carboxylic acids is 2. The van der Waals surface area contributed by atoms with E-state index < -0.39 is 222 Å². The fraction of sp³-hybridized carbons (Fsp3) is 0.512.